The topological polar surface area (TPSA) is 72.2 Å². The highest BCUT2D eigenvalue weighted by molar-refractivity contribution is 6.35. The number of carbonyl (C=O) groups is 2. The van der Waals surface area contributed by atoms with E-state index in [9.17, 15) is 9.59 Å². The maximum atomic E-state index is 12.3. The zero-order chi connectivity index (χ0) is 14.7. The summed E-state index contributed by atoms with van der Waals surface area (Å²) in [6, 6.07) is 11.4. The summed E-state index contributed by atoms with van der Waals surface area (Å²) in [6.45, 7) is 1.42. The molecule has 2 rings (SSSR count). The lowest BCUT2D eigenvalue weighted by atomic mass is 10.0. The van der Waals surface area contributed by atoms with Crippen LogP contribution >= 0.6 is 11.6 Å². The highest BCUT2D eigenvalue weighted by Crippen LogP contribution is 2.22. The van der Waals surface area contributed by atoms with Crippen LogP contribution in [0.3, 0.4) is 0 Å². The molecule has 1 amide bonds. The predicted molar refractivity (Wildman–Crippen MR) is 80.0 cm³/mol. The molecule has 0 bridgehead atoms. The van der Waals surface area contributed by atoms with E-state index in [0.717, 1.165) is 0 Å². The van der Waals surface area contributed by atoms with Gasteiger partial charge in [-0.2, -0.15) is 0 Å². The van der Waals surface area contributed by atoms with Crippen molar-refractivity contribution >= 4 is 34.7 Å². The molecule has 0 saturated carbocycles. The molecule has 0 radical (unpaired) electrons. The molecule has 0 aliphatic rings. The Hall–Kier alpha value is -2.33. The van der Waals surface area contributed by atoms with Gasteiger partial charge in [-0.05, 0) is 42.5 Å². The van der Waals surface area contributed by atoms with Crippen LogP contribution in [0.4, 0.5) is 11.4 Å². The number of ketones is 1. The molecule has 0 heterocycles. The highest BCUT2D eigenvalue weighted by Gasteiger charge is 2.13. The van der Waals surface area contributed by atoms with Crippen LogP contribution in [-0.2, 0) is 4.79 Å². The molecule has 0 atom stereocenters. The fraction of sp³-hybridized carbons (Fsp3) is 0.0667. The van der Waals surface area contributed by atoms with Crippen LogP contribution in [0.5, 0.6) is 0 Å². The van der Waals surface area contributed by atoms with Gasteiger partial charge in [-0.15, -0.1) is 0 Å². The van der Waals surface area contributed by atoms with Gasteiger partial charge in [0.15, 0.2) is 5.78 Å². The van der Waals surface area contributed by atoms with Crippen LogP contribution in [0.1, 0.15) is 22.8 Å². The number of benzene rings is 2. The van der Waals surface area contributed by atoms with E-state index in [4.69, 9.17) is 17.3 Å². The largest absolute Gasteiger partial charge is 0.399 e. The van der Waals surface area contributed by atoms with Gasteiger partial charge in [0, 0.05) is 29.4 Å². The average Bonchev–Trinajstić information content (AvgIpc) is 2.41. The first kappa shape index (κ1) is 14.1. The number of hydrogen-bond donors (Lipinski definition) is 2. The Morgan fingerprint density at radius 1 is 1.10 bits per heavy atom. The van der Waals surface area contributed by atoms with E-state index in [1.54, 1.807) is 42.5 Å². The minimum atomic E-state index is -0.211. The van der Waals surface area contributed by atoms with Crippen LogP contribution in [0, 0.1) is 0 Å². The van der Waals surface area contributed by atoms with Gasteiger partial charge in [0.2, 0.25) is 5.91 Å². The molecule has 2 aromatic carbocycles. The fourth-order valence-corrected chi connectivity index (χ4v) is 1.98. The SMILES string of the molecule is CC(=O)Nc1ccc(C(=O)c2cc(N)ccc2Cl)cc1. The lowest BCUT2D eigenvalue weighted by Gasteiger charge is -2.06. The Labute approximate surface area is 121 Å². The van der Waals surface area contributed by atoms with Gasteiger partial charge in [0.1, 0.15) is 0 Å². The minimum absolute atomic E-state index is 0.164. The van der Waals surface area contributed by atoms with Gasteiger partial charge in [0.05, 0.1) is 5.02 Å². The summed E-state index contributed by atoms with van der Waals surface area (Å²) < 4.78 is 0. The van der Waals surface area contributed by atoms with E-state index in [1.807, 2.05) is 0 Å². The number of halogens is 1. The van der Waals surface area contributed by atoms with Crippen LogP contribution in [0.25, 0.3) is 0 Å². The van der Waals surface area contributed by atoms with E-state index < -0.39 is 0 Å². The summed E-state index contributed by atoms with van der Waals surface area (Å²) in [5.41, 5.74) is 7.61. The summed E-state index contributed by atoms with van der Waals surface area (Å²) in [5, 5.41) is 2.99. The quantitative estimate of drug-likeness (QED) is 0.673. The number of amides is 1. The first-order valence-electron chi connectivity index (χ1n) is 5.95. The molecule has 0 aliphatic carbocycles. The monoisotopic (exact) mass is 288 g/mol. The molecule has 102 valence electrons. The Balaban J connectivity index is 2.29. The zero-order valence-electron chi connectivity index (χ0n) is 10.8. The Morgan fingerprint density at radius 3 is 2.35 bits per heavy atom. The number of carbonyl (C=O) groups excluding carboxylic acids is 2. The third-order valence-electron chi connectivity index (χ3n) is 2.70. The third kappa shape index (κ3) is 3.16. The van der Waals surface area contributed by atoms with Crippen LogP contribution in [0.2, 0.25) is 5.02 Å². The van der Waals surface area contributed by atoms with E-state index in [0.29, 0.717) is 27.5 Å². The Morgan fingerprint density at radius 2 is 1.75 bits per heavy atom. The molecule has 5 heteroatoms. The van der Waals surface area contributed by atoms with Crippen molar-refractivity contribution in [2.24, 2.45) is 0 Å². The van der Waals surface area contributed by atoms with Gasteiger partial charge in [-0.25, -0.2) is 0 Å². The Kier molecular flexibility index (Phi) is 4.05. The van der Waals surface area contributed by atoms with Crippen molar-refractivity contribution < 1.29 is 9.59 Å². The van der Waals surface area contributed by atoms with Crippen molar-refractivity contribution in [3.8, 4) is 0 Å². The van der Waals surface area contributed by atoms with Crippen molar-refractivity contribution in [2.75, 3.05) is 11.1 Å². The van der Waals surface area contributed by atoms with Crippen molar-refractivity contribution in [2.45, 2.75) is 6.92 Å². The second-order valence-corrected chi connectivity index (χ2v) is 4.73. The number of nitrogen functional groups attached to an aromatic ring is 1. The standard InChI is InChI=1S/C15H13ClN2O2/c1-9(19)18-12-5-2-10(3-6-12)15(20)13-8-11(17)4-7-14(13)16/h2-8H,17H2,1H3,(H,18,19). The summed E-state index contributed by atoms with van der Waals surface area (Å²) >= 11 is 6.01. The lowest BCUT2D eigenvalue weighted by molar-refractivity contribution is -0.114. The van der Waals surface area contributed by atoms with Crippen molar-refractivity contribution in [3.05, 3.63) is 58.6 Å². The maximum Gasteiger partial charge on any atom is 0.221 e. The normalized spacial score (nSPS) is 10.1. The van der Waals surface area contributed by atoms with E-state index in [1.165, 1.54) is 6.92 Å². The highest BCUT2D eigenvalue weighted by atomic mass is 35.5. The van der Waals surface area contributed by atoms with Crippen molar-refractivity contribution in [1.82, 2.24) is 0 Å². The summed E-state index contributed by atoms with van der Waals surface area (Å²) in [5.74, 6) is -0.375. The molecule has 2 aromatic rings. The van der Waals surface area contributed by atoms with Crippen molar-refractivity contribution in [1.29, 1.82) is 0 Å². The molecule has 20 heavy (non-hydrogen) atoms. The summed E-state index contributed by atoms with van der Waals surface area (Å²) in [6.07, 6.45) is 0. The molecule has 0 fully saturated rings. The molecule has 0 spiro atoms. The van der Waals surface area contributed by atoms with Gasteiger partial charge in [-0.1, -0.05) is 11.6 Å². The van der Waals surface area contributed by atoms with Crippen LogP contribution < -0.4 is 11.1 Å². The zero-order valence-corrected chi connectivity index (χ0v) is 11.6. The number of nitrogens with one attached hydrogen (secondary N) is 1. The molecule has 0 saturated heterocycles. The molecule has 4 nitrogen and oxygen atoms in total. The molecule has 0 aromatic heterocycles. The van der Waals surface area contributed by atoms with E-state index in [-0.39, 0.29) is 11.7 Å². The lowest BCUT2D eigenvalue weighted by Crippen LogP contribution is -2.07. The fourth-order valence-electron chi connectivity index (χ4n) is 1.78. The first-order valence-corrected chi connectivity index (χ1v) is 6.32. The summed E-state index contributed by atoms with van der Waals surface area (Å²) in [7, 11) is 0. The predicted octanol–water partition coefficient (Wildman–Crippen LogP) is 3.11. The van der Waals surface area contributed by atoms with Gasteiger partial charge in [-0.3, -0.25) is 9.59 Å². The molecule has 0 aliphatic heterocycles. The molecule has 3 N–H and O–H groups in total. The first-order chi connectivity index (χ1) is 9.47. The van der Waals surface area contributed by atoms with E-state index in [2.05, 4.69) is 5.32 Å². The number of anilines is 2. The maximum absolute atomic E-state index is 12.3. The van der Waals surface area contributed by atoms with Crippen molar-refractivity contribution in [3.63, 3.8) is 0 Å². The number of nitrogens with two attached hydrogens (primary N) is 1. The molecule has 0 unspecified atom stereocenters. The van der Waals surface area contributed by atoms with Gasteiger partial charge in [0.25, 0.3) is 0 Å². The average molecular weight is 289 g/mol. The number of hydrogen-bond acceptors (Lipinski definition) is 3. The second kappa shape index (κ2) is 5.75. The van der Waals surface area contributed by atoms with Gasteiger partial charge >= 0.3 is 0 Å². The summed E-state index contributed by atoms with van der Waals surface area (Å²) in [4.78, 5) is 23.3. The van der Waals surface area contributed by atoms with Gasteiger partial charge < -0.3 is 11.1 Å². The number of rotatable bonds is 3. The van der Waals surface area contributed by atoms with E-state index >= 15 is 0 Å². The third-order valence-corrected chi connectivity index (χ3v) is 3.03. The van der Waals surface area contributed by atoms with Crippen LogP contribution in [-0.4, -0.2) is 11.7 Å². The molecular formula is C15H13ClN2O2. The second-order valence-electron chi connectivity index (χ2n) is 4.33. The smallest absolute Gasteiger partial charge is 0.221 e. The minimum Gasteiger partial charge on any atom is -0.399 e. The van der Waals surface area contributed by atoms with Crippen LogP contribution in [0.15, 0.2) is 42.5 Å². The molecular weight excluding hydrogens is 276 g/mol. The Bertz CT molecular complexity index is 666.